The summed E-state index contributed by atoms with van der Waals surface area (Å²) in [7, 11) is 0. The summed E-state index contributed by atoms with van der Waals surface area (Å²) in [6, 6.07) is 15.3. The Bertz CT molecular complexity index is 1030. The van der Waals surface area contributed by atoms with Crippen molar-refractivity contribution in [2.24, 2.45) is 11.8 Å². The number of carboxylic acids is 1. The number of nitrogens with one attached hydrogen (secondary N) is 2. The topological polar surface area (TPSA) is 78.4 Å². The molecule has 1 saturated carbocycles. The molecule has 194 valence electrons. The van der Waals surface area contributed by atoms with Crippen molar-refractivity contribution < 1.29 is 14.7 Å². The van der Waals surface area contributed by atoms with Crippen molar-refractivity contribution >= 4 is 17.6 Å². The van der Waals surface area contributed by atoms with E-state index in [-0.39, 0.29) is 17.2 Å². The molecule has 1 fully saturated rings. The van der Waals surface area contributed by atoms with Gasteiger partial charge >= 0.3 is 5.97 Å². The summed E-state index contributed by atoms with van der Waals surface area (Å²) < 4.78 is 0. The lowest BCUT2D eigenvalue weighted by atomic mass is 9.83. The fourth-order valence-electron chi connectivity index (χ4n) is 5.86. The van der Waals surface area contributed by atoms with Crippen LogP contribution >= 0.6 is 0 Å². The largest absolute Gasteiger partial charge is 0.480 e. The number of hydrogen-bond donors (Lipinski definition) is 3. The van der Waals surface area contributed by atoms with Crippen LogP contribution in [0.25, 0.3) is 0 Å². The highest BCUT2D eigenvalue weighted by Gasteiger charge is 2.36. The lowest BCUT2D eigenvalue weighted by Gasteiger charge is -2.29. The van der Waals surface area contributed by atoms with Crippen molar-refractivity contribution in [3.8, 4) is 0 Å². The van der Waals surface area contributed by atoms with Crippen LogP contribution < -0.4 is 10.6 Å². The zero-order valence-electron chi connectivity index (χ0n) is 22.1. The Balaban J connectivity index is 1.55. The first kappa shape index (κ1) is 26.4. The average Bonchev–Trinajstić information content (AvgIpc) is 2.97. The van der Waals surface area contributed by atoms with Crippen LogP contribution in [0.2, 0.25) is 0 Å². The normalized spacial score (nSPS) is 21.8. The van der Waals surface area contributed by atoms with Gasteiger partial charge in [0.05, 0.1) is 6.04 Å². The number of rotatable bonds is 8. The molecule has 5 heteroatoms. The second-order valence-electron chi connectivity index (χ2n) is 11.9. The maximum atomic E-state index is 13.5. The number of carbonyl (C=O) groups is 2. The van der Waals surface area contributed by atoms with Gasteiger partial charge in [0.2, 0.25) is 5.91 Å². The molecular formula is C31H42N2O3. The van der Waals surface area contributed by atoms with E-state index in [0.717, 1.165) is 17.7 Å². The number of hydrogen-bond acceptors (Lipinski definition) is 3. The van der Waals surface area contributed by atoms with Crippen LogP contribution in [0.15, 0.2) is 48.5 Å². The third kappa shape index (κ3) is 6.76. The van der Waals surface area contributed by atoms with E-state index >= 15 is 0 Å². The third-order valence-corrected chi connectivity index (χ3v) is 8.10. The van der Waals surface area contributed by atoms with E-state index in [9.17, 15) is 14.7 Å². The average molecular weight is 491 g/mol. The van der Waals surface area contributed by atoms with Gasteiger partial charge in [-0.1, -0.05) is 95.3 Å². The first-order chi connectivity index (χ1) is 17.2. The fourth-order valence-corrected chi connectivity index (χ4v) is 5.86. The van der Waals surface area contributed by atoms with Crippen molar-refractivity contribution in [1.82, 2.24) is 5.32 Å². The molecule has 1 amide bonds. The zero-order valence-corrected chi connectivity index (χ0v) is 22.1. The Morgan fingerprint density at radius 2 is 1.75 bits per heavy atom. The molecule has 0 spiro atoms. The van der Waals surface area contributed by atoms with Gasteiger partial charge in [0.15, 0.2) is 0 Å². The van der Waals surface area contributed by atoms with Gasteiger partial charge in [-0.25, -0.2) is 0 Å². The van der Waals surface area contributed by atoms with Gasteiger partial charge in [-0.05, 0) is 65.7 Å². The lowest BCUT2D eigenvalue weighted by Crippen LogP contribution is -2.52. The van der Waals surface area contributed by atoms with Crippen LogP contribution in [0.1, 0.15) is 82.4 Å². The summed E-state index contributed by atoms with van der Waals surface area (Å²) in [5.41, 5.74) is 4.45. The molecule has 1 aliphatic heterocycles. The lowest BCUT2D eigenvalue weighted by molar-refractivity contribution is -0.140. The van der Waals surface area contributed by atoms with Gasteiger partial charge in [-0.3, -0.25) is 14.9 Å². The molecule has 1 heterocycles. The quantitative estimate of drug-likeness (QED) is 0.417. The molecule has 0 radical (unpaired) electrons. The number of benzene rings is 2. The molecule has 2 aromatic rings. The third-order valence-electron chi connectivity index (χ3n) is 8.10. The summed E-state index contributed by atoms with van der Waals surface area (Å²) in [6.45, 7) is 6.61. The number of anilines is 1. The molecule has 1 aliphatic carbocycles. The Hall–Kier alpha value is -2.66. The van der Waals surface area contributed by atoms with E-state index in [1.54, 1.807) is 0 Å². The van der Waals surface area contributed by atoms with E-state index in [1.165, 1.54) is 43.2 Å². The summed E-state index contributed by atoms with van der Waals surface area (Å²) in [4.78, 5) is 25.7. The van der Waals surface area contributed by atoms with Crippen molar-refractivity contribution in [2.75, 3.05) is 5.32 Å². The van der Waals surface area contributed by atoms with Gasteiger partial charge in [0.1, 0.15) is 6.04 Å². The number of carbonyl (C=O) groups excluding carboxylic acids is 1. The molecule has 36 heavy (non-hydrogen) atoms. The Labute approximate surface area is 216 Å². The molecule has 0 aromatic heterocycles. The number of fused-ring (bicyclic) bond motifs is 1. The Morgan fingerprint density at radius 1 is 1.06 bits per heavy atom. The molecule has 3 atom stereocenters. The van der Waals surface area contributed by atoms with Crippen LogP contribution in [0.4, 0.5) is 5.69 Å². The van der Waals surface area contributed by atoms with E-state index in [2.05, 4.69) is 61.7 Å². The summed E-state index contributed by atoms with van der Waals surface area (Å²) in [5.74, 6) is -0.453. The van der Waals surface area contributed by atoms with E-state index < -0.39 is 18.1 Å². The predicted molar refractivity (Wildman–Crippen MR) is 145 cm³/mol. The highest BCUT2D eigenvalue weighted by molar-refractivity contribution is 5.97. The second-order valence-corrected chi connectivity index (χ2v) is 11.9. The number of amides is 1. The monoisotopic (exact) mass is 490 g/mol. The smallest absolute Gasteiger partial charge is 0.320 e. The van der Waals surface area contributed by atoms with Crippen molar-refractivity contribution in [1.29, 1.82) is 0 Å². The SMILES string of the molecule is CC(C)(C)c1ccc(CC2Cc3ccccc3NC(=O)C2N[C@@H](CCC2CCCCC2)C(=O)O)cc1. The van der Waals surface area contributed by atoms with Crippen molar-refractivity contribution in [2.45, 2.75) is 96.1 Å². The number of para-hydroxylation sites is 1. The van der Waals surface area contributed by atoms with Crippen LogP contribution in [0, 0.1) is 11.8 Å². The minimum Gasteiger partial charge on any atom is -0.480 e. The predicted octanol–water partition coefficient (Wildman–Crippen LogP) is 6.11. The molecule has 5 nitrogen and oxygen atoms in total. The molecule has 0 saturated heterocycles. The summed E-state index contributed by atoms with van der Waals surface area (Å²) >= 11 is 0. The maximum absolute atomic E-state index is 13.5. The van der Waals surface area contributed by atoms with Crippen LogP contribution in [-0.2, 0) is 27.8 Å². The highest BCUT2D eigenvalue weighted by Crippen LogP contribution is 2.31. The number of carboxylic acid groups (broad SMARTS) is 1. The molecule has 2 aliphatic rings. The van der Waals surface area contributed by atoms with Gasteiger partial charge in [-0.15, -0.1) is 0 Å². The van der Waals surface area contributed by atoms with Crippen LogP contribution in [0.5, 0.6) is 0 Å². The van der Waals surface area contributed by atoms with E-state index in [1.807, 2.05) is 18.2 Å². The van der Waals surface area contributed by atoms with Crippen molar-refractivity contribution in [3.05, 3.63) is 65.2 Å². The maximum Gasteiger partial charge on any atom is 0.320 e. The first-order valence-electron chi connectivity index (χ1n) is 13.7. The minimum atomic E-state index is -0.867. The van der Waals surface area contributed by atoms with Gasteiger partial charge < -0.3 is 10.4 Å². The van der Waals surface area contributed by atoms with Gasteiger partial charge in [-0.2, -0.15) is 0 Å². The molecule has 3 N–H and O–H groups in total. The molecule has 2 unspecified atom stereocenters. The fraction of sp³-hybridized carbons (Fsp3) is 0.548. The van der Waals surface area contributed by atoms with E-state index in [4.69, 9.17) is 0 Å². The first-order valence-corrected chi connectivity index (χ1v) is 13.7. The Morgan fingerprint density at radius 3 is 2.42 bits per heavy atom. The summed E-state index contributed by atoms with van der Waals surface area (Å²) in [6.07, 6.45) is 9.04. The Kier molecular flexibility index (Phi) is 8.50. The van der Waals surface area contributed by atoms with Crippen LogP contribution in [-0.4, -0.2) is 29.1 Å². The molecule has 2 aromatic carbocycles. The standard InChI is InChI=1S/C31H42N2O3/c1-31(2,3)25-16-13-22(14-17-25)19-24-20-23-11-7-8-12-26(23)33-29(34)28(24)32-27(30(35)36)18-15-21-9-5-4-6-10-21/h7-8,11-14,16-17,21,24,27-28,32H,4-6,9-10,15,18-20H2,1-3H3,(H,33,34)(H,35,36)/t24?,27-,28?/m0/s1. The van der Waals surface area contributed by atoms with Crippen molar-refractivity contribution in [3.63, 3.8) is 0 Å². The minimum absolute atomic E-state index is 0.0503. The van der Waals surface area contributed by atoms with Crippen LogP contribution in [0.3, 0.4) is 0 Å². The van der Waals surface area contributed by atoms with Gasteiger partial charge in [0.25, 0.3) is 0 Å². The number of aliphatic carboxylic acids is 1. The second kappa shape index (κ2) is 11.6. The molecule has 4 rings (SSSR count). The van der Waals surface area contributed by atoms with Gasteiger partial charge in [0, 0.05) is 5.69 Å². The van der Waals surface area contributed by atoms with E-state index in [0.29, 0.717) is 25.2 Å². The molecule has 0 bridgehead atoms. The molecular weight excluding hydrogens is 448 g/mol. The summed E-state index contributed by atoms with van der Waals surface area (Å²) in [5, 5.41) is 16.4. The highest BCUT2D eigenvalue weighted by atomic mass is 16.4. The zero-order chi connectivity index (χ0) is 25.7.